The van der Waals surface area contributed by atoms with Crippen molar-refractivity contribution >= 4 is 21.1 Å². The van der Waals surface area contributed by atoms with E-state index in [1.165, 1.54) is 4.31 Å². The maximum Gasteiger partial charge on any atom is 0.246 e. The van der Waals surface area contributed by atoms with Crippen molar-refractivity contribution in [2.75, 3.05) is 26.2 Å². The summed E-state index contributed by atoms with van der Waals surface area (Å²) in [4.78, 5) is 5.83. The molecule has 0 spiro atoms. The predicted molar refractivity (Wildman–Crippen MR) is 96.4 cm³/mol. The van der Waals surface area contributed by atoms with Crippen LogP contribution in [0.4, 0.5) is 8.78 Å². The molecule has 0 saturated carbocycles. The second kappa shape index (κ2) is 6.99. The number of nitrogens with zero attached hydrogens (tertiary/aromatic N) is 4. The molecule has 1 aromatic heterocycles. The number of rotatable bonds is 4. The van der Waals surface area contributed by atoms with Gasteiger partial charge in [-0.1, -0.05) is 12.1 Å². The second-order valence-electron chi connectivity index (χ2n) is 6.44. The van der Waals surface area contributed by atoms with Crippen LogP contribution in [0.15, 0.2) is 53.7 Å². The molecule has 3 aromatic rings. The highest BCUT2D eigenvalue weighted by atomic mass is 32.2. The van der Waals surface area contributed by atoms with Crippen LogP contribution in [-0.2, 0) is 16.7 Å². The number of halogens is 2. The van der Waals surface area contributed by atoms with E-state index >= 15 is 0 Å². The van der Waals surface area contributed by atoms with Gasteiger partial charge in [0.1, 0.15) is 16.5 Å². The lowest BCUT2D eigenvalue weighted by Crippen LogP contribution is -2.48. The number of hydrogen-bond acceptors (Lipinski definition) is 4. The molecule has 4 rings (SSSR count). The number of hydrogen-bond donors (Lipinski definition) is 0. The summed E-state index contributed by atoms with van der Waals surface area (Å²) in [5.41, 5.74) is 1.91. The first-order chi connectivity index (χ1) is 12.9. The minimum absolute atomic E-state index is 0.213. The number of piperazine rings is 1. The summed E-state index contributed by atoms with van der Waals surface area (Å²) in [6.45, 7) is 1.99. The topological polar surface area (TPSA) is 58.4 Å². The van der Waals surface area contributed by atoms with Gasteiger partial charge in [0.15, 0.2) is 0 Å². The third-order valence-electron chi connectivity index (χ3n) is 4.72. The Kier molecular flexibility index (Phi) is 4.67. The number of imidazole rings is 1. The maximum absolute atomic E-state index is 13.9. The van der Waals surface area contributed by atoms with Gasteiger partial charge >= 0.3 is 0 Å². The Morgan fingerprint density at radius 1 is 1.00 bits per heavy atom. The van der Waals surface area contributed by atoms with Gasteiger partial charge in [0, 0.05) is 26.2 Å². The van der Waals surface area contributed by atoms with Crippen LogP contribution < -0.4 is 0 Å². The van der Waals surface area contributed by atoms with Crippen LogP contribution >= 0.6 is 0 Å². The van der Waals surface area contributed by atoms with E-state index < -0.39 is 26.6 Å². The third-order valence-corrected chi connectivity index (χ3v) is 6.64. The lowest BCUT2D eigenvalue weighted by atomic mass is 10.3. The largest absolute Gasteiger partial charge is 0.317 e. The number of para-hydroxylation sites is 2. The monoisotopic (exact) mass is 392 g/mol. The molecule has 27 heavy (non-hydrogen) atoms. The summed E-state index contributed by atoms with van der Waals surface area (Å²) in [5.74, 6) is -1.72. The molecule has 1 fully saturated rings. The Balaban J connectivity index is 1.46. The Bertz CT molecular complexity index is 1080. The molecule has 1 aliphatic rings. The molecule has 0 aliphatic carbocycles. The van der Waals surface area contributed by atoms with Crippen LogP contribution in [0.5, 0.6) is 0 Å². The van der Waals surface area contributed by atoms with Crippen molar-refractivity contribution in [3.8, 4) is 0 Å². The predicted octanol–water partition coefficient (Wildman–Crippen LogP) is 2.28. The molecular formula is C18H18F2N4O2S. The van der Waals surface area contributed by atoms with Crippen molar-refractivity contribution in [3.63, 3.8) is 0 Å². The molecule has 142 valence electrons. The van der Waals surface area contributed by atoms with Crippen molar-refractivity contribution in [1.82, 2.24) is 18.8 Å². The van der Waals surface area contributed by atoms with E-state index in [4.69, 9.17) is 0 Å². The molecule has 0 unspecified atom stereocenters. The summed E-state index contributed by atoms with van der Waals surface area (Å²) in [6, 6.07) is 10.3. The summed E-state index contributed by atoms with van der Waals surface area (Å²) >= 11 is 0. The normalized spacial score (nSPS) is 16.8. The highest BCUT2D eigenvalue weighted by Crippen LogP contribution is 2.22. The van der Waals surface area contributed by atoms with Gasteiger partial charge in [-0.05, 0) is 30.3 Å². The van der Waals surface area contributed by atoms with Gasteiger partial charge in [0.05, 0.1) is 24.0 Å². The quantitative estimate of drug-likeness (QED) is 0.684. The fraction of sp³-hybridized carbons (Fsp3) is 0.278. The number of aromatic nitrogens is 2. The number of fused-ring (bicyclic) bond motifs is 1. The lowest BCUT2D eigenvalue weighted by Gasteiger charge is -2.34. The van der Waals surface area contributed by atoms with E-state index in [9.17, 15) is 17.2 Å². The van der Waals surface area contributed by atoms with Crippen molar-refractivity contribution in [2.45, 2.75) is 11.6 Å². The first-order valence-electron chi connectivity index (χ1n) is 8.52. The van der Waals surface area contributed by atoms with Gasteiger partial charge in [-0.3, -0.25) is 4.90 Å². The molecule has 2 aromatic carbocycles. The highest BCUT2D eigenvalue weighted by Gasteiger charge is 2.31. The van der Waals surface area contributed by atoms with E-state index in [0.717, 1.165) is 29.2 Å². The smallest absolute Gasteiger partial charge is 0.246 e. The summed E-state index contributed by atoms with van der Waals surface area (Å²) in [5, 5.41) is 0. The van der Waals surface area contributed by atoms with Crippen molar-refractivity contribution < 1.29 is 17.2 Å². The molecule has 0 atom stereocenters. The summed E-state index contributed by atoms with van der Waals surface area (Å²) < 4.78 is 55.8. The van der Waals surface area contributed by atoms with E-state index in [1.54, 1.807) is 6.33 Å². The van der Waals surface area contributed by atoms with Crippen molar-refractivity contribution in [1.29, 1.82) is 0 Å². The SMILES string of the molecule is O=S(=O)(c1cc(F)ccc1F)N1CCN(Cn2cnc3ccccc32)CC1. The zero-order valence-electron chi connectivity index (χ0n) is 14.4. The minimum atomic E-state index is -4.06. The van der Waals surface area contributed by atoms with Gasteiger partial charge in [-0.25, -0.2) is 22.2 Å². The molecule has 2 heterocycles. The zero-order valence-corrected chi connectivity index (χ0v) is 15.2. The van der Waals surface area contributed by atoms with Crippen LogP contribution in [0, 0.1) is 11.6 Å². The Hall–Kier alpha value is -2.36. The third kappa shape index (κ3) is 3.45. The average molecular weight is 392 g/mol. The average Bonchev–Trinajstić information content (AvgIpc) is 3.07. The van der Waals surface area contributed by atoms with Crippen LogP contribution in [0.1, 0.15) is 0 Å². The van der Waals surface area contributed by atoms with Crippen molar-refractivity contribution in [3.05, 3.63) is 60.4 Å². The standard InChI is InChI=1S/C18H18F2N4O2S/c19-14-5-6-15(20)18(11-14)27(25,26)24-9-7-22(8-10-24)13-23-12-21-16-3-1-2-4-17(16)23/h1-6,11-12H,7-10,13H2. The second-order valence-corrected chi connectivity index (χ2v) is 8.35. The Morgan fingerprint density at radius 2 is 1.74 bits per heavy atom. The molecular weight excluding hydrogens is 374 g/mol. The Morgan fingerprint density at radius 3 is 2.52 bits per heavy atom. The van der Waals surface area contributed by atoms with Gasteiger partial charge in [-0.2, -0.15) is 4.31 Å². The zero-order chi connectivity index (χ0) is 19.0. The molecule has 0 radical (unpaired) electrons. The molecule has 0 amide bonds. The van der Waals surface area contributed by atoms with E-state index in [2.05, 4.69) is 9.88 Å². The van der Waals surface area contributed by atoms with Crippen LogP contribution in [-0.4, -0.2) is 53.4 Å². The minimum Gasteiger partial charge on any atom is -0.317 e. The molecule has 6 nitrogen and oxygen atoms in total. The number of benzene rings is 2. The van der Waals surface area contributed by atoms with Crippen LogP contribution in [0.2, 0.25) is 0 Å². The summed E-state index contributed by atoms with van der Waals surface area (Å²) in [7, 11) is -4.06. The van der Waals surface area contributed by atoms with Crippen molar-refractivity contribution in [2.24, 2.45) is 0 Å². The van der Waals surface area contributed by atoms with Gasteiger partial charge in [0.2, 0.25) is 10.0 Å². The van der Waals surface area contributed by atoms with E-state index in [-0.39, 0.29) is 13.1 Å². The fourth-order valence-corrected chi connectivity index (χ4v) is 4.76. The summed E-state index contributed by atoms with van der Waals surface area (Å²) in [6.07, 6.45) is 1.76. The molecule has 9 heteroatoms. The molecule has 0 N–H and O–H groups in total. The van der Waals surface area contributed by atoms with E-state index in [0.29, 0.717) is 19.8 Å². The number of sulfonamides is 1. The van der Waals surface area contributed by atoms with Gasteiger partial charge in [-0.15, -0.1) is 0 Å². The molecule has 1 aliphatic heterocycles. The Labute approximate surface area is 155 Å². The lowest BCUT2D eigenvalue weighted by molar-refractivity contribution is 0.154. The fourth-order valence-electron chi connectivity index (χ4n) is 3.26. The molecule has 0 bridgehead atoms. The van der Waals surface area contributed by atoms with Gasteiger partial charge < -0.3 is 4.57 Å². The first-order valence-corrected chi connectivity index (χ1v) is 9.96. The van der Waals surface area contributed by atoms with E-state index in [1.807, 2.05) is 28.8 Å². The molecule has 1 saturated heterocycles. The highest BCUT2D eigenvalue weighted by molar-refractivity contribution is 7.89. The van der Waals surface area contributed by atoms with Crippen LogP contribution in [0.25, 0.3) is 11.0 Å². The van der Waals surface area contributed by atoms with Crippen LogP contribution in [0.3, 0.4) is 0 Å². The first kappa shape index (κ1) is 18.0. The maximum atomic E-state index is 13.9. The van der Waals surface area contributed by atoms with Gasteiger partial charge in [0.25, 0.3) is 0 Å².